The predicted octanol–water partition coefficient (Wildman–Crippen LogP) is 3.30. The average molecular weight is 416 g/mol. The first kappa shape index (κ1) is 19.8. The molecule has 160 valence electrons. The van der Waals surface area contributed by atoms with Gasteiger partial charge in [-0.3, -0.25) is 9.69 Å². The van der Waals surface area contributed by atoms with Gasteiger partial charge in [0, 0.05) is 59.9 Å². The van der Waals surface area contributed by atoms with E-state index in [0.717, 1.165) is 48.9 Å². The molecule has 0 saturated carbocycles. The number of hydrogen-bond acceptors (Lipinski definition) is 3. The minimum Gasteiger partial charge on any atom is -0.361 e. The van der Waals surface area contributed by atoms with Gasteiger partial charge in [0.2, 0.25) is 5.91 Å². The number of nitrogens with one attached hydrogen (secondary N) is 3. The second kappa shape index (κ2) is 8.57. The maximum absolute atomic E-state index is 12.7. The van der Waals surface area contributed by atoms with Crippen molar-refractivity contribution in [3.8, 4) is 0 Å². The molecule has 3 heterocycles. The summed E-state index contributed by atoms with van der Waals surface area (Å²) in [5.74, 6) is -0.0552. The summed E-state index contributed by atoms with van der Waals surface area (Å²) in [5.41, 5.74) is 10.9. The first-order valence-electron chi connectivity index (χ1n) is 11.1. The van der Waals surface area contributed by atoms with Crippen molar-refractivity contribution in [2.75, 3.05) is 13.1 Å². The third-order valence-corrected chi connectivity index (χ3v) is 6.45. The van der Waals surface area contributed by atoms with Crippen molar-refractivity contribution in [1.29, 1.82) is 0 Å². The highest BCUT2D eigenvalue weighted by atomic mass is 16.2. The van der Waals surface area contributed by atoms with Gasteiger partial charge in [-0.15, -0.1) is 0 Å². The second-order valence-electron chi connectivity index (χ2n) is 8.59. The number of rotatable bonds is 6. The number of likely N-dealkylation sites (tertiary alicyclic amines) is 1. The maximum atomic E-state index is 12.7. The van der Waals surface area contributed by atoms with Crippen LogP contribution in [-0.4, -0.2) is 45.9 Å². The molecule has 31 heavy (non-hydrogen) atoms. The fourth-order valence-corrected chi connectivity index (χ4v) is 4.68. The second-order valence-corrected chi connectivity index (χ2v) is 8.59. The number of nitrogens with zero attached hydrogens (tertiary/aromatic N) is 1. The normalized spacial score (nSPS) is 16.7. The summed E-state index contributed by atoms with van der Waals surface area (Å²) in [7, 11) is 0. The number of piperidine rings is 1. The van der Waals surface area contributed by atoms with Crippen molar-refractivity contribution >= 4 is 27.7 Å². The van der Waals surface area contributed by atoms with Crippen LogP contribution in [0.4, 0.5) is 0 Å². The molecule has 6 nitrogen and oxygen atoms in total. The molecule has 0 unspecified atom stereocenters. The van der Waals surface area contributed by atoms with Gasteiger partial charge in [-0.1, -0.05) is 36.4 Å². The average Bonchev–Trinajstić information content (AvgIpc) is 3.40. The number of amides is 1. The molecule has 1 fully saturated rings. The minimum atomic E-state index is -0.538. The molecule has 1 atom stereocenters. The number of H-pyrrole nitrogens is 2. The van der Waals surface area contributed by atoms with Gasteiger partial charge in [0.1, 0.15) is 0 Å². The van der Waals surface area contributed by atoms with E-state index in [-0.39, 0.29) is 11.9 Å². The minimum absolute atomic E-state index is 0.0552. The third-order valence-electron chi connectivity index (χ3n) is 6.45. The first-order chi connectivity index (χ1) is 15.2. The number of para-hydroxylation sites is 2. The molecule has 2 aromatic heterocycles. The smallest absolute Gasteiger partial charge is 0.237 e. The summed E-state index contributed by atoms with van der Waals surface area (Å²) < 4.78 is 0. The van der Waals surface area contributed by atoms with Gasteiger partial charge >= 0.3 is 0 Å². The zero-order valence-electron chi connectivity index (χ0n) is 17.6. The molecule has 6 heteroatoms. The van der Waals surface area contributed by atoms with Crippen LogP contribution in [-0.2, 0) is 17.8 Å². The Morgan fingerprint density at radius 1 is 0.968 bits per heavy atom. The van der Waals surface area contributed by atoms with Gasteiger partial charge in [0.05, 0.1) is 6.04 Å². The zero-order chi connectivity index (χ0) is 21.2. The number of nitrogens with two attached hydrogens (primary N) is 1. The number of fused-ring (bicyclic) bond motifs is 2. The van der Waals surface area contributed by atoms with E-state index in [4.69, 9.17) is 5.73 Å². The molecule has 1 saturated heterocycles. The van der Waals surface area contributed by atoms with Gasteiger partial charge in [-0.25, -0.2) is 0 Å². The summed E-state index contributed by atoms with van der Waals surface area (Å²) in [6.45, 7) is 2.88. The third kappa shape index (κ3) is 4.22. The molecule has 5 N–H and O–H groups in total. The molecule has 0 bridgehead atoms. The Labute approximate surface area is 181 Å². The monoisotopic (exact) mass is 415 g/mol. The molecule has 0 aliphatic carbocycles. The number of hydrogen-bond donors (Lipinski definition) is 4. The molecule has 1 aliphatic rings. The van der Waals surface area contributed by atoms with E-state index in [2.05, 4.69) is 56.7 Å². The zero-order valence-corrected chi connectivity index (χ0v) is 17.6. The highest BCUT2D eigenvalue weighted by Crippen LogP contribution is 2.22. The number of carbonyl (C=O) groups is 1. The molecule has 1 amide bonds. The van der Waals surface area contributed by atoms with Gasteiger partial charge in [-0.05, 0) is 42.5 Å². The molecule has 5 rings (SSSR count). The SMILES string of the molecule is N[C@@H](Cc1c[nH]c2ccccc12)C(=O)NC1CCN(Cc2c[nH]c3ccccc23)CC1. The van der Waals surface area contributed by atoms with Crippen LogP contribution in [0.3, 0.4) is 0 Å². The Bertz CT molecular complexity index is 1180. The predicted molar refractivity (Wildman–Crippen MR) is 125 cm³/mol. The summed E-state index contributed by atoms with van der Waals surface area (Å²) in [6, 6.07) is 16.2. The first-order valence-corrected chi connectivity index (χ1v) is 11.1. The molecular formula is C25H29N5O. The van der Waals surface area contributed by atoms with E-state index in [9.17, 15) is 4.79 Å². The topological polar surface area (TPSA) is 89.9 Å². The van der Waals surface area contributed by atoms with Crippen molar-refractivity contribution in [2.45, 2.75) is 37.9 Å². The van der Waals surface area contributed by atoms with Gasteiger partial charge in [0.15, 0.2) is 0 Å². The Balaban J connectivity index is 1.13. The van der Waals surface area contributed by atoms with E-state index >= 15 is 0 Å². The van der Waals surface area contributed by atoms with E-state index in [1.807, 2.05) is 24.4 Å². The van der Waals surface area contributed by atoms with Crippen LogP contribution in [0.2, 0.25) is 0 Å². The molecule has 0 radical (unpaired) electrons. The molecular weight excluding hydrogens is 386 g/mol. The quantitative estimate of drug-likeness (QED) is 0.389. The molecule has 1 aliphatic heterocycles. The summed E-state index contributed by atoms with van der Waals surface area (Å²) in [5, 5.41) is 5.61. The number of aromatic nitrogens is 2. The van der Waals surface area contributed by atoms with Gasteiger partial charge in [0.25, 0.3) is 0 Å². The number of carbonyl (C=O) groups excluding carboxylic acids is 1. The van der Waals surface area contributed by atoms with E-state index in [1.165, 1.54) is 16.5 Å². The van der Waals surface area contributed by atoms with Crippen molar-refractivity contribution in [3.63, 3.8) is 0 Å². The fourth-order valence-electron chi connectivity index (χ4n) is 4.68. The summed E-state index contributed by atoms with van der Waals surface area (Å²) in [4.78, 5) is 21.8. The van der Waals surface area contributed by atoms with Crippen LogP contribution < -0.4 is 11.1 Å². The van der Waals surface area contributed by atoms with E-state index < -0.39 is 6.04 Å². The summed E-state index contributed by atoms with van der Waals surface area (Å²) >= 11 is 0. The van der Waals surface area contributed by atoms with Gasteiger partial charge < -0.3 is 21.0 Å². The molecule has 4 aromatic rings. The Morgan fingerprint density at radius 3 is 2.23 bits per heavy atom. The lowest BCUT2D eigenvalue weighted by Gasteiger charge is -2.32. The number of aromatic amines is 2. The molecule has 0 spiro atoms. The Morgan fingerprint density at radius 2 is 1.55 bits per heavy atom. The van der Waals surface area contributed by atoms with Crippen LogP contribution in [0.5, 0.6) is 0 Å². The van der Waals surface area contributed by atoms with Crippen LogP contribution in [0.15, 0.2) is 60.9 Å². The lowest BCUT2D eigenvalue weighted by molar-refractivity contribution is -0.123. The largest absolute Gasteiger partial charge is 0.361 e. The highest BCUT2D eigenvalue weighted by molar-refractivity contribution is 5.86. The van der Waals surface area contributed by atoms with Crippen LogP contribution in [0.1, 0.15) is 24.0 Å². The van der Waals surface area contributed by atoms with Crippen LogP contribution >= 0.6 is 0 Å². The van der Waals surface area contributed by atoms with Crippen molar-refractivity contribution in [2.24, 2.45) is 5.73 Å². The standard InChI is InChI=1S/C25H29N5O/c26-22(13-17-14-27-23-7-3-1-5-20(17)23)25(31)29-19-9-11-30(12-10-19)16-18-15-28-24-8-4-2-6-21(18)24/h1-8,14-15,19,22,27-28H,9-13,16,26H2,(H,29,31)/t22-/m0/s1. The Hall–Kier alpha value is -3.09. The lowest BCUT2D eigenvalue weighted by Crippen LogP contribution is -2.50. The fraction of sp³-hybridized carbons (Fsp3) is 0.320. The Kier molecular flexibility index (Phi) is 5.49. The lowest BCUT2D eigenvalue weighted by atomic mass is 10.0. The van der Waals surface area contributed by atoms with Crippen LogP contribution in [0.25, 0.3) is 21.8 Å². The van der Waals surface area contributed by atoms with E-state index in [0.29, 0.717) is 6.42 Å². The highest BCUT2D eigenvalue weighted by Gasteiger charge is 2.24. The van der Waals surface area contributed by atoms with Crippen LogP contribution in [0, 0.1) is 0 Å². The van der Waals surface area contributed by atoms with Crippen molar-refractivity contribution < 1.29 is 4.79 Å². The molecule has 2 aromatic carbocycles. The van der Waals surface area contributed by atoms with Crippen molar-refractivity contribution in [1.82, 2.24) is 20.2 Å². The van der Waals surface area contributed by atoms with E-state index in [1.54, 1.807) is 0 Å². The summed E-state index contributed by atoms with van der Waals surface area (Å²) in [6.07, 6.45) is 6.51. The number of benzene rings is 2. The van der Waals surface area contributed by atoms with Gasteiger partial charge in [-0.2, -0.15) is 0 Å². The van der Waals surface area contributed by atoms with Crippen molar-refractivity contribution in [3.05, 3.63) is 72.1 Å². The maximum Gasteiger partial charge on any atom is 0.237 e.